The number of aliphatic hydroxyl groups is 1. The minimum absolute atomic E-state index is 0.0183. The van der Waals surface area contributed by atoms with Crippen LogP contribution in [0.3, 0.4) is 0 Å². The van der Waals surface area contributed by atoms with E-state index in [1.165, 1.54) is 161 Å². The number of quaternary nitrogens is 1. The van der Waals surface area contributed by atoms with Gasteiger partial charge in [0.05, 0.1) is 39.9 Å². The molecule has 8 nitrogen and oxygen atoms in total. The lowest BCUT2D eigenvalue weighted by atomic mass is 10.0. The lowest BCUT2D eigenvalue weighted by Crippen LogP contribution is -2.45. The summed E-state index contributed by atoms with van der Waals surface area (Å²) in [5.74, 6) is -0.234. The normalized spacial score (nSPS) is 14.5. The van der Waals surface area contributed by atoms with E-state index in [0.717, 1.165) is 96.3 Å². The van der Waals surface area contributed by atoms with E-state index in [1.54, 1.807) is 6.08 Å². The molecule has 3 unspecified atom stereocenters. The molecule has 0 rings (SSSR count). The number of unbranched alkanes of at least 4 members (excludes halogenated alkanes) is 30. The van der Waals surface area contributed by atoms with Crippen LogP contribution in [-0.4, -0.2) is 68.5 Å². The van der Waals surface area contributed by atoms with Crippen LogP contribution in [0.2, 0.25) is 0 Å². The fraction of sp³-hybridized carbons (Fsp3) is 0.712. The second-order valence-electron chi connectivity index (χ2n) is 23.8. The van der Waals surface area contributed by atoms with Crippen molar-refractivity contribution < 1.29 is 32.9 Å². The Hall–Kier alpha value is -3.10. The molecule has 0 heterocycles. The van der Waals surface area contributed by atoms with Gasteiger partial charge in [0.15, 0.2) is 0 Å². The molecule has 0 aliphatic heterocycles. The molecule has 0 bridgehead atoms. The van der Waals surface area contributed by atoms with Crippen molar-refractivity contribution in [2.24, 2.45) is 0 Å². The summed E-state index contributed by atoms with van der Waals surface area (Å²) < 4.78 is 23.4. The van der Waals surface area contributed by atoms with Gasteiger partial charge in [0.25, 0.3) is 7.82 Å². The zero-order chi connectivity index (χ0) is 59.8. The molecule has 0 aliphatic carbocycles. The number of carbonyl (C=O) groups excluding carboxylic acids is 1. The molecular weight excluding hydrogens is 1030 g/mol. The Labute approximate surface area is 507 Å². The van der Waals surface area contributed by atoms with Crippen LogP contribution in [0.5, 0.6) is 0 Å². The molecule has 2 N–H and O–H groups in total. The van der Waals surface area contributed by atoms with Gasteiger partial charge in [-0.3, -0.25) is 9.36 Å². The van der Waals surface area contributed by atoms with Gasteiger partial charge < -0.3 is 28.8 Å². The Bertz CT molecular complexity index is 1750. The number of carbonyl (C=O) groups is 1. The fourth-order valence-corrected chi connectivity index (χ4v) is 10.1. The van der Waals surface area contributed by atoms with Crippen LogP contribution >= 0.6 is 7.82 Å². The van der Waals surface area contributed by atoms with Crippen LogP contribution < -0.4 is 10.2 Å². The molecule has 0 fully saturated rings. The predicted molar refractivity (Wildman–Crippen MR) is 357 cm³/mol. The maximum Gasteiger partial charge on any atom is 0.268 e. The van der Waals surface area contributed by atoms with Crippen molar-refractivity contribution in [3.05, 3.63) is 122 Å². The Balaban J connectivity index is 4.23. The quantitative estimate of drug-likeness (QED) is 0.0272. The maximum absolute atomic E-state index is 13.0. The van der Waals surface area contributed by atoms with Crippen LogP contribution in [0.15, 0.2) is 122 Å². The number of rotatable bonds is 61. The number of amides is 1. The lowest BCUT2D eigenvalue weighted by molar-refractivity contribution is -0.870. The third-order valence-corrected chi connectivity index (χ3v) is 15.6. The van der Waals surface area contributed by atoms with E-state index in [9.17, 15) is 19.4 Å². The van der Waals surface area contributed by atoms with Crippen molar-refractivity contribution in [1.29, 1.82) is 0 Å². The van der Waals surface area contributed by atoms with Gasteiger partial charge in [-0.05, 0) is 96.3 Å². The standard InChI is InChI=1S/C73H129N2O6P/c1-6-8-10-12-14-16-18-20-22-24-26-28-30-32-34-36-37-39-40-42-44-46-48-50-52-54-56-58-60-62-64-66-72(76)71(70-81-82(78,79)80-69-68-75(3,4)5)74-73(77)67-65-63-61-59-57-55-53-51-49-47-45-43-41-38-35-33-31-29-27-25-23-21-19-17-15-13-11-9-7-2/h9,11,15,17,21,23,27,29,33,35,41,43,47,49,53,55-56,58,64,66,71-72,76H,6-8,10,12-14,16,18-20,22,24-26,28,30-32,34,36-40,42,44-46,48,50-52,54,57,59-63,65,67-70H2,1-5H3,(H-,74,77,78,79)/b11-9-,17-15-,23-21-,29-27-,35-33-,43-41-,49-47-,55-53-,58-56+,66-64+. The monoisotopic (exact) mass is 1160 g/mol. The maximum atomic E-state index is 13.0. The smallest absolute Gasteiger partial charge is 0.268 e. The summed E-state index contributed by atoms with van der Waals surface area (Å²) in [7, 11) is 1.21. The number of nitrogens with zero attached hydrogens (tertiary/aromatic N) is 1. The molecule has 0 saturated carbocycles. The highest BCUT2D eigenvalue weighted by molar-refractivity contribution is 7.45. The number of hydrogen-bond acceptors (Lipinski definition) is 6. The average molecular weight is 1160 g/mol. The molecule has 82 heavy (non-hydrogen) atoms. The molecule has 0 spiro atoms. The number of phosphoric acid groups is 1. The molecule has 1 amide bonds. The molecule has 0 aromatic carbocycles. The summed E-state index contributed by atoms with van der Waals surface area (Å²) in [6, 6.07) is -0.929. The Morgan fingerprint density at radius 3 is 1.13 bits per heavy atom. The van der Waals surface area contributed by atoms with Gasteiger partial charge in [0, 0.05) is 6.42 Å². The Kier molecular flexibility index (Phi) is 60.1. The number of aliphatic hydroxyl groups excluding tert-OH is 1. The van der Waals surface area contributed by atoms with Crippen LogP contribution in [0.25, 0.3) is 0 Å². The van der Waals surface area contributed by atoms with E-state index in [2.05, 4.69) is 129 Å². The molecule has 3 atom stereocenters. The van der Waals surface area contributed by atoms with Gasteiger partial charge in [0.1, 0.15) is 13.2 Å². The van der Waals surface area contributed by atoms with E-state index in [0.29, 0.717) is 23.9 Å². The van der Waals surface area contributed by atoms with Crippen LogP contribution in [0.1, 0.15) is 284 Å². The topological polar surface area (TPSA) is 108 Å². The van der Waals surface area contributed by atoms with Crippen molar-refractivity contribution in [3.8, 4) is 0 Å². The highest BCUT2D eigenvalue weighted by Crippen LogP contribution is 2.38. The first-order valence-electron chi connectivity index (χ1n) is 33.9. The summed E-state index contributed by atoms with van der Waals surface area (Å²) in [5.41, 5.74) is 0. The number of phosphoric ester groups is 1. The number of likely N-dealkylation sites (N-methyl/N-ethyl adjacent to an activating group) is 1. The van der Waals surface area contributed by atoms with E-state index in [1.807, 2.05) is 27.2 Å². The molecule has 9 heteroatoms. The van der Waals surface area contributed by atoms with Crippen molar-refractivity contribution in [3.63, 3.8) is 0 Å². The Morgan fingerprint density at radius 2 is 0.756 bits per heavy atom. The molecule has 0 aromatic rings. The van der Waals surface area contributed by atoms with Crippen LogP contribution in [0, 0.1) is 0 Å². The third-order valence-electron chi connectivity index (χ3n) is 14.7. The average Bonchev–Trinajstić information content (AvgIpc) is 3.47. The van der Waals surface area contributed by atoms with E-state index < -0.39 is 26.6 Å². The Morgan fingerprint density at radius 1 is 0.439 bits per heavy atom. The van der Waals surface area contributed by atoms with Crippen molar-refractivity contribution in [2.75, 3.05) is 40.9 Å². The summed E-state index contributed by atoms with van der Waals surface area (Å²) in [6.07, 6.45) is 93.2. The number of nitrogens with one attached hydrogen (secondary N) is 1. The van der Waals surface area contributed by atoms with Gasteiger partial charge in [-0.1, -0.05) is 302 Å². The molecule has 0 aliphatic rings. The summed E-state index contributed by atoms with van der Waals surface area (Å²) in [6.45, 7) is 4.51. The minimum Gasteiger partial charge on any atom is -0.756 e. The van der Waals surface area contributed by atoms with Gasteiger partial charge >= 0.3 is 0 Å². The molecular formula is C73H129N2O6P. The zero-order valence-corrected chi connectivity index (χ0v) is 54.8. The lowest BCUT2D eigenvalue weighted by Gasteiger charge is -2.29. The highest BCUT2D eigenvalue weighted by Gasteiger charge is 2.23. The fourth-order valence-electron chi connectivity index (χ4n) is 9.42. The zero-order valence-electron chi connectivity index (χ0n) is 53.9. The predicted octanol–water partition coefficient (Wildman–Crippen LogP) is 21.0. The highest BCUT2D eigenvalue weighted by atomic mass is 31.2. The third kappa shape index (κ3) is 64.5. The first-order chi connectivity index (χ1) is 40.0. The van der Waals surface area contributed by atoms with Crippen molar-refractivity contribution in [1.82, 2.24) is 5.32 Å². The molecule has 472 valence electrons. The van der Waals surface area contributed by atoms with Crippen molar-refractivity contribution in [2.45, 2.75) is 296 Å². The van der Waals surface area contributed by atoms with Gasteiger partial charge in [-0.25, -0.2) is 0 Å². The second-order valence-corrected chi connectivity index (χ2v) is 25.2. The van der Waals surface area contributed by atoms with Crippen LogP contribution in [0.4, 0.5) is 0 Å². The number of hydrogen-bond donors (Lipinski definition) is 2. The SMILES string of the molecule is CC/C=C\C/C=C\C/C=C\C/C=C\C/C=C\C/C=C\C/C=C\C/C=C\CCCCCCC(=O)NC(COP(=O)([O-])OCC[N+](C)(C)C)C(O)/C=C/CC/C=C/CCCCCCCCCCCCCCCCCCCCCCCCCCC. The summed E-state index contributed by atoms with van der Waals surface area (Å²) in [4.78, 5) is 25.6. The largest absolute Gasteiger partial charge is 0.756 e. The summed E-state index contributed by atoms with van der Waals surface area (Å²) in [5, 5.41) is 13.9. The van der Waals surface area contributed by atoms with E-state index in [4.69, 9.17) is 9.05 Å². The van der Waals surface area contributed by atoms with Crippen LogP contribution in [-0.2, 0) is 18.4 Å². The van der Waals surface area contributed by atoms with Gasteiger partial charge in [-0.15, -0.1) is 0 Å². The minimum atomic E-state index is -4.63. The van der Waals surface area contributed by atoms with Gasteiger partial charge in [-0.2, -0.15) is 0 Å². The molecule has 0 radical (unpaired) electrons. The number of allylic oxidation sites excluding steroid dienone is 19. The molecule has 0 aromatic heterocycles. The van der Waals surface area contributed by atoms with E-state index >= 15 is 0 Å². The van der Waals surface area contributed by atoms with E-state index in [-0.39, 0.29) is 12.5 Å². The molecule has 0 saturated heterocycles. The second kappa shape index (κ2) is 62.4. The first kappa shape index (κ1) is 78.9. The summed E-state index contributed by atoms with van der Waals surface area (Å²) >= 11 is 0. The van der Waals surface area contributed by atoms with Crippen molar-refractivity contribution >= 4 is 13.7 Å². The first-order valence-corrected chi connectivity index (χ1v) is 35.4. The van der Waals surface area contributed by atoms with Gasteiger partial charge in [0.2, 0.25) is 5.91 Å².